The Balaban J connectivity index is 0. The van der Waals surface area contributed by atoms with Crippen LogP contribution < -0.4 is 0 Å². The SMILES string of the molecule is C.C=CC1=CCC[C@H](C)C1C.CCC1C=CCC(C)S1.O. The molecule has 3 unspecified atom stereocenters. The molecule has 4 atom stereocenters. The molecule has 2 N–H and O–H groups in total. The number of hydrogen-bond donors (Lipinski definition) is 0. The molecule has 0 amide bonds. The van der Waals surface area contributed by atoms with Gasteiger partial charge in [-0.3, -0.25) is 0 Å². The maximum Gasteiger partial charge on any atom is 0.0227 e. The van der Waals surface area contributed by atoms with Gasteiger partial charge in [0.25, 0.3) is 0 Å². The third-order valence-electron chi connectivity index (χ3n) is 4.25. The molecule has 2 heteroatoms. The first kappa shape index (κ1) is 22.8. The predicted octanol–water partition coefficient (Wildman–Crippen LogP) is 5.82. The van der Waals surface area contributed by atoms with Crippen molar-refractivity contribution in [3.8, 4) is 0 Å². The summed E-state index contributed by atoms with van der Waals surface area (Å²) in [6.45, 7) is 13.0. The highest BCUT2D eigenvalue weighted by Crippen LogP contribution is 2.30. The first-order valence-corrected chi connectivity index (χ1v) is 8.67. The molecule has 0 saturated carbocycles. The Morgan fingerprint density at radius 2 is 2.00 bits per heavy atom. The van der Waals surface area contributed by atoms with Crippen molar-refractivity contribution in [3.05, 3.63) is 36.5 Å². The second kappa shape index (κ2) is 12.1. The third-order valence-corrected chi connectivity index (χ3v) is 5.74. The van der Waals surface area contributed by atoms with E-state index in [2.05, 4.69) is 64.3 Å². The minimum Gasteiger partial charge on any atom is -0.412 e. The lowest BCUT2D eigenvalue weighted by atomic mass is 9.81. The summed E-state index contributed by atoms with van der Waals surface area (Å²) in [5.74, 6) is 1.57. The van der Waals surface area contributed by atoms with Gasteiger partial charge >= 0.3 is 0 Å². The lowest BCUT2D eigenvalue weighted by molar-refractivity contribution is 0.399. The molecule has 0 saturated heterocycles. The van der Waals surface area contributed by atoms with E-state index in [0.29, 0.717) is 0 Å². The number of hydrogen-bond acceptors (Lipinski definition) is 1. The Morgan fingerprint density at radius 1 is 1.33 bits per heavy atom. The van der Waals surface area contributed by atoms with E-state index in [1.807, 2.05) is 6.08 Å². The molecule has 0 fully saturated rings. The highest BCUT2D eigenvalue weighted by Gasteiger charge is 2.17. The van der Waals surface area contributed by atoms with Crippen LogP contribution in [0.15, 0.2) is 36.5 Å². The van der Waals surface area contributed by atoms with Crippen molar-refractivity contribution in [2.24, 2.45) is 11.8 Å². The van der Waals surface area contributed by atoms with E-state index < -0.39 is 0 Å². The highest BCUT2D eigenvalue weighted by molar-refractivity contribution is 8.00. The fourth-order valence-electron chi connectivity index (χ4n) is 2.60. The molecular formula is C19H36OS. The monoisotopic (exact) mass is 312 g/mol. The van der Waals surface area contributed by atoms with Gasteiger partial charge in [-0.15, -0.1) is 0 Å². The Morgan fingerprint density at radius 3 is 2.43 bits per heavy atom. The second-order valence-electron chi connectivity index (χ2n) is 5.81. The minimum atomic E-state index is 0. The number of rotatable bonds is 2. The highest BCUT2D eigenvalue weighted by atomic mass is 32.2. The van der Waals surface area contributed by atoms with Gasteiger partial charge in [-0.1, -0.05) is 66.0 Å². The van der Waals surface area contributed by atoms with Gasteiger partial charge in [0, 0.05) is 10.5 Å². The van der Waals surface area contributed by atoms with E-state index >= 15 is 0 Å². The Bertz CT molecular complexity index is 332. The zero-order valence-corrected chi connectivity index (χ0v) is 14.4. The molecule has 0 radical (unpaired) electrons. The van der Waals surface area contributed by atoms with E-state index in [1.54, 1.807) is 0 Å². The van der Waals surface area contributed by atoms with Crippen LogP contribution in [-0.2, 0) is 0 Å². The first-order valence-electron chi connectivity index (χ1n) is 7.73. The lowest BCUT2D eigenvalue weighted by Crippen LogP contribution is -2.13. The topological polar surface area (TPSA) is 31.5 Å². The quantitative estimate of drug-likeness (QED) is 0.591. The van der Waals surface area contributed by atoms with Gasteiger partial charge in [0.05, 0.1) is 0 Å². The first-order chi connectivity index (χ1) is 9.08. The minimum absolute atomic E-state index is 0. The van der Waals surface area contributed by atoms with Gasteiger partial charge in [0.1, 0.15) is 0 Å². The zero-order valence-electron chi connectivity index (χ0n) is 13.6. The zero-order chi connectivity index (χ0) is 14.3. The van der Waals surface area contributed by atoms with E-state index in [1.165, 1.54) is 31.3 Å². The van der Waals surface area contributed by atoms with E-state index in [9.17, 15) is 0 Å². The third kappa shape index (κ3) is 7.92. The van der Waals surface area contributed by atoms with Gasteiger partial charge < -0.3 is 5.48 Å². The van der Waals surface area contributed by atoms with E-state index in [4.69, 9.17) is 0 Å². The summed E-state index contributed by atoms with van der Waals surface area (Å²) in [5, 5.41) is 1.65. The van der Waals surface area contributed by atoms with Gasteiger partial charge in [0.2, 0.25) is 0 Å². The summed E-state index contributed by atoms with van der Waals surface area (Å²) in [5.41, 5.74) is 1.44. The van der Waals surface area contributed by atoms with Crippen LogP contribution in [-0.4, -0.2) is 16.0 Å². The van der Waals surface area contributed by atoms with Crippen LogP contribution in [0.3, 0.4) is 0 Å². The summed E-state index contributed by atoms with van der Waals surface area (Å²) in [4.78, 5) is 0. The molecule has 2 rings (SSSR count). The van der Waals surface area contributed by atoms with Crippen LogP contribution in [0.4, 0.5) is 0 Å². The van der Waals surface area contributed by atoms with Crippen molar-refractivity contribution in [1.29, 1.82) is 0 Å². The molecule has 1 aliphatic heterocycles. The summed E-state index contributed by atoms with van der Waals surface area (Å²) in [6.07, 6.45) is 14.1. The van der Waals surface area contributed by atoms with Crippen molar-refractivity contribution in [2.45, 2.75) is 71.3 Å². The van der Waals surface area contributed by atoms with Crippen LogP contribution in [0.25, 0.3) is 0 Å². The molecule has 124 valence electrons. The average molecular weight is 313 g/mol. The normalized spacial score (nSPS) is 30.8. The number of thioether (sulfide) groups is 1. The van der Waals surface area contributed by atoms with Crippen LogP contribution in [0.5, 0.6) is 0 Å². The molecule has 1 nitrogen and oxygen atoms in total. The molecule has 0 aromatic heterocycles. The summed E-state index contributed by atoms with van der Waals surface area (Å²) < 4.78 is 0. The smallest absolute Gasteiger partial charge is 0.0227 e. The average Bonchev–Trinajstić information content (AvgIpc) is 2.42. The van der Waals surface area contributed by atoms with Gasteiger partial charge in [-0.25, -0.2) is 0 Å². The standard InChI is InChI=1S/C10H16.C8H14S.CH4.H2O/c1-4-10-7-5-6-8(2)9(10)3;1-3-8-6-4-5-7(2)9-8;;/h4,7-9H,1,5-6H2,2-3H3;4,6-8H,3,5H2,1-2H3;1H4;1H2/t8-,9?;;;/m0.../s1. The van der Waals surface area contributed by atoms with Crippen LogP contribution in [0.2, 0.25) is 0 Å². The largest absolute Gasteiger partial charge is 0.412 e. The predicted molar refractivity (Wildman–Crippen MR) is 101 cm³/mol. The van der Waals surface area contributed by atoms with Crippen LogP contribution in [0.1, 0.15) is 60.8 Å². The molecule has 1 heterocycles. The molecule has 0 spiro atoms. The fraction of sp³-hybridized carbons (Fsp3) is 0.684. The van der Waals surface area contributed by atoms with Gasteiger partial charge in [-0.2, -0.15) is 11.8 Å². The van der Waals surface area contributed by atoms with Crippen molar-refractivity contribution in [2.75, 3.05) is 0 Å². The fourth-order valence-corrected chi connectivity index (χ4v) is 3.81. The van der Waals surface area contributed by atoms with E-state index in [0.717, 1.165) is 22.3 Å². The Hall–Kier alpha value is -0.470. The molecule has 0 bridgehead atoms. The van der Waals surface area contributed by atoms with Crippen molar-refractivity contribution >= 4 is 11.8 Å². The Labute approximate surface area is 137 Å². The molecular weight excluding hydrogens is 276 g/mol. The van der Waals surface area contributed by atoms with Gasteiger partial charge in [0.15, 0.2) is 0 Å². The molecule has 0 aromatic carbocycles. The molecule has 0 aromatic rings. The molecule has 2 aliphatic rings. The maximum atomic E-state index is 3.80. The summed E-state index contributed by atoms with van der Waals surface area (Å²) >= 11 is 2.10. The summed E-state index contributed by atoms with van der Waals surface area (Å²) in [6, 6.07) is 0. The summed E-state index contributed by atoms with van der Waals surface area (Å²) in [7, 11) is 0. The van der Waals surface area contributed by atoms with Crippen molar-refractivity contribution in [3.63, 3.8) is 0 Å². The van der Waals surface area contributed by atoms with Crippen LogP contribution >= 0.6 is 11.8 Å². The van der Waals surface area contributed by atoms with Crippen molar-refractivity contribution in [1.82, 2.24) is 0 Å². The van der Waals surface area contributed by atoms with Crippen molar-refractivity contribution < 1.29 is 5.48 Å². The molecule has 1 aliphatic carbocycles. The maximum absolute atomic E-state index is 3.80. The Kier molecular flexibility index (Phi) is 13.2. The number of allylic oxidation sites excluding steroid dienone is 4. The molecule has 21 heavy (non-hydrogen) atoms. The lowest BCUT2D eigenvalue weighted by Gasteiger charge is -2.24. The van der Waals surface area contributed by atoms with E-state index in [-0.39, 0.29) is 12.9 Å². The van der Waals surface area contributed by atoms with Gasteiger partial charge in [-0.05, 0) is 43.1 Å². The second-order valence-corrected chi connectivity index (χ2v) is 7.49. The van der Waals surface area contributed by atoms with Crippen LogP contribution in [0, 0.1) is 11.8 Å².